The van der Waals surface area contributed by atoms with Gasteiger partial charge in [0.2, 0.25) is 5.91 Å². The molecule has 0 aromatic heterocycles. The number of carboxylic acids is 1. The van der Waals surface area contributed by atoms with Gasteiger partial charge in [-0.15, -0.1) is 0 Å². The van der Waals surface area contributed by atoms with Gasteiger partial charge in [0.1, 0.15) is 17.9 Å². The van der Waals surface area contributed by atoms with Crippen LogP contribution in [0, 0.1) is 5.92 Å². The molecule has 2 rings (SSSR count). The number of benzene rings is 1. The average Bonchev–Trinajstić information content (AvgIpc) is 2.49. The zero-order chi connectivity index (χ0) is 16.1. The number of nitrogens with zero attached hydrogens (tertiary/aromatic N) is 1. The van der Waals surface area contributed by atoms with Crippen LogP contribution in [0.25, 0.3) is 0 Å². The summed E-state index contributed by atoms with van der Waals surface area (Å²) in [7, 11) is 0. The van der Waals surface area contributed by atoms with Gasteiger partial charge >= 0.3 is 5.97 Å². The average molecular weight is 306 g/mol. The van der Waals surface area contributed by atoms with E-state index in [1.54, 1.807) is 18.2 Å². The molecule has 1 amide bonds. The van der Waals surface area contributed by atoms with Crippen LogP contribution in [-0.2, 0) is 4.79 Å². The summed E-state index contributed by atoms with van der Waals surface area (Å²) >= 11 is 0. The van der Waals surface area contributed by atoms with Crippen LogP contribution in [0.5, 0.6) is 5.75 Å². The number of carboxylic acid groups (broad SMARTS) is 1. The quantitative estimate of drug-likeness (QED) is 0.827. The smallest absolute Gasteiger partial charge is 0.339 e. The molecule has 3 N–H and O–H groups in total. The summed E-state index contributed by atoms with van der Waals surface area (Å²) < 4.78 is 5.61. The number of primary amides is 1. The first-order valence-corrected chi connectivity index (χ1v) is 7.47. The molecule has 1 aromatic carbocycles. The molecular formula is C16H22N2O4. The highest BCUT2D eigenvalue weighted by Gasteiger charge is 2.28. The van der Waals surface area contributed by atoms with Crippen molar-refractivity contribution in [1.29, 1.82) is 0 Å². The fourth-order valence-electron chi connectivity index (χ4n) is 2.77. The molecule has 0 bridgehead atoms. The molecule has 6 heteroatoms. The molecule has 120 valence electrons. The Morgan fingerprint density at radius 3 is 2.77 bits per heavy atom. The van der Waals surface area contributed by atoms with Gasteiger partial charge in [0.15, 0.2) is 0 Å². The van der Waals surface area contributed by atoms with Gasteiger partial charge in [-0.1, -0.05) is 12.1 Å². The van der Waals surface area contributed by atoms with Crippen LogP contribution in [0.2, 0.25) is 0 Å². The minimum Gasteiger partial charge on any atom is -0.491 e. The number of carbonyl (C=O) groups is 2. The third-order valence-corrected chi connectivity index (χ3v) is 4.17. The summed E-state index contributed by atoms with van der Waals surface area (Å²) in [6.07, 6.45) is 1.76. The largest absolute Gasteiger partial charge is 0.491 e. The lowest BCUT2D eigenvalue weighted by molar-refractivity contribution is -0.124. The van der Waals surface area contributed by atoms with E-state index in [0.29, 0.717) is 31.5 Å². The molecule has 6 nitrogen and oxygen atoms in total. The van der Waals surface area contributed by atoms with Crippen LogP contribution in [0.15, 0.2) is 24.3 Å². The third-order valence-electron chi connectivity index (χ3n) is 4.17. The van der Waals surface area contributed by atoms with E-state index < -0.39 is 5.97 Å². The first-order valence-electron chi connectivity index (χ1n) is 7.47. The first-order chi connectivity index (χ1) is 10.5. The Labute approximate surface area is 129 Å². The van der Waals surface area contributed by atoms with Gasteiger partial charge in [-0.25, -0.2) is 4.79 Å². The number of likely N-dealkylation sites (tertiary alicyclic amines) is 1. The number of para-hydroxylation sites is 1. The number of hydrogen-bond donors (Lipinski definition) is 2. The van der Waals surface area contributed by atoms with Gasteiger partial charge in [0.25, 0.3) is 0 Å². The van der Waals surface area contributed by atoms with Crippen molar-refractivity contribution in [3.8, 4) is 5.75 Å². The highest BCUT2D eigenvalue weighted by molar-refractivity contribution is 5.90. The second-order valence-corrected chi connectivity index (χ2v) is 5.67. The number of amides is 1. The molecule has 22 heavy (non-hydrogen) atoms. The van der Waals surface area contributed by atoms with Crippen molar-refractivity contribution in [1.82, 2.24) is 4.90 Å². The van der Waals surface area contributed by atoms with Crippen LogP contribution < -0.4 is 10.5 Å². The number of ether oxygens (including phenoxy) is 1. The van der Waals surface area contributed by atoms with Gasteiger partial charge in [0.05, 0.1) is 5.92 Å². The monoisotopic (exact) mass is 306 g/mol. The Hall–Kier alpha value is -2.08. The second-order valence-electron chi connectivity index (χ2n) is 5.67. The van der Waals surface area contributed by atoms with Crippen molar-refractivity contribution in [3.63, 3.8) is 0 Å². The van der Waals surface area contributed by atoms with E-state index in [4.69, 9.17) is 15.6 Å². The molecular weight excluding hydrogens is 284 g/mol. The van der Waals surface area contributed by atoms with Crippen LogP contribution >= 0.6 is 0 Å². The molecule has 0 saturated carbocycles. The van der Waals surface area contributed by atoms with Crippen molar-refractivity contribution < 1.29 is 19.4 Å². The number of hydrogen-bond acceptors (Lipinski definition) is 4. The first kappa shape index (κ1) is 16.3. The topological polar surface area (TPSA) is 92.9 Å². The number of aromatic carboxylic acids is 1. The molecule has 1 aromatic rings. The Kier molecular flexibility index (Phi) is 5.38. The molecule has 1 saturated heterocycles. The van der Waals surface area contributed by atoms with Gasteiger partial charge < -0.3 is 15.6 Å². The summed E-state index contributed by atoms with van der Waals surface area (Å²) in [5, 5.41) is 9.11. The molecule has 1 fully saturated rings. The lowest BCUT2D eigenvalue weighted by Crippen LogP contribution is -2.47. The summed E-state index contributed by atoms with van der Waals surface area (Å²) in [6.45, 7) is 3.77. The summed E-state index contributed by atoms with van der Waals surface area (Å²) in [5.74, 6) is -1.00. The van der Waals surface area contributed by atoms with Crippen LogP contribution in [0.1, 0.15) is 30.1 Å². The second kappa shape index (κ2) is 7.26. The molecule has 0 unspecified atom stereocenters. The molecule has 2 atom stereocenters. The lowest BCUT2D eigenvalue weighted by Gasteiger charge is -2.36. The maximum Gasteiger partial charge on any atom is 0.339 e. The molecule has 0 aliphatic carbocycles. The summed E-state index contributed by atoms with van der Waals surface area (Å²) in [6, 6.07) is 6.95. The number of carbonyl (C=O) groups excluding carboxylic acids is 1. The Bertz CT molecular complexity index is 547. The number of rotatable bonds is 6. The standard InChI is InChI=1S/C16H22N2O4/c1-11-6-7-12(15(17)19)10-18(11)8-9-22-14-5-3-2-4-13(14)16(20)21/h2-5,11-12H,6-10H2,1H3,(H2,17,19)(H,20,21)/t11-,12+/m0/s1. The van der Waals surface area contributed by atoms with E-state index >= 15 is 0 Å². The Morgan fingerprint density at radius 1 is 1.36 bits per heavy atom. The van der Waals surface area contributed by atoms with Crippen molar-refractivity contribution in [3.05, 3.63) is 29.8 Å². The third kappa shape index (κ3) is 3.98. The molecule has 1 aliphatic heterocycles. The highest BCUT2D eigenvalue weighted by Crippen LogP contribution is 2.22. The van der Waals surface area contributed by atoms with E-state index in [2.05, 4.69) is 11.8 Å². The zero-order valence-electron chi connectivity index (χ0n) is 12.7. The van der Waals surface area contributed by atoms with E-state index in [9.17, 15) is 9.59 Å². The summed E-state index contributed by atoms with van der Waals surface area (Å²) in [5.41, 5.74) is 5.54. The van der Waals surface area contributed by atoms with Crippen molar-refractivity contribution in [2.24, 2.45) is 11.7 Å². The summed E-state index contributed by atoms with van der Waals surface area (Å²) in [4.78, 5) is 24.6. The molecule has 1 heterocycles. The fourth-order valence-corrected chi connectivity index (χ4v) is 2.77. The number of piperidine rings is 1. The van der Waals surface area contributed by atoms with Crippen LogP contribution in [0.4, 0.5) is 0 Å². The van der Waals surface area contributed by atoms with Crippen molar-refractivity contribution in [2.45, 2.75) is 25.8 Å². The van der Waals surface area contributed by atoms with E-state index in [-0.39, 0.29) is 17.4 Å². The maximum atomic E-state index is 11.3. The Morgan fingerprint density at radius 2 is 2.09 bits per heavy atom. The molecule has 0 radical (unpaired) electrons. The van der Waals surface area contributed by atoms with Crippen molar-refractivity contribution in [2.75, 3.05) is 19.7 Å². The van der Waals surface area contributed by atoms with Crippen LogP contribution in [0.3, 0.4) is 0 Å². The predicted molar refractivity (Wildman–Crippen MR) is 81.8 cm³/mol. The normalized spacial score (nSPS) is 22.2. The maximum absolute atomic E-state index is 11.3. The van der Waals surface area contributed by atoms with Crippen molar-refractivity contribution >= 4 is 11.9 Å². The van der Waals surface area contributed by atoms with E-state index in [1.165, 1.54) is 6.07 Å². The molecule has 1 aliphatic rings. The minimum atomic E-state index is -1.00. The molecule has 0 spiro atoms. The predicted octanol–water partition coefficient (Wildman–Crippen LogP) is 1.35. The minimum absolute atomic E-state index is 0.109. The number of nitrogens with two attached hydrogens (primary N) is 1. The van der Waals surface area contributed by atoms with E-state index in [1.807, 2.05) is 0 Å². The lowest BCUT2D eigenvalue weighted by atomic mass is 9.93. The van der Waals surface area contributed by atoms with Gasteiger partial charge in [-0.2, -0.15) is 0 Å². The fraction of sp³-hybridized carbons (Fsp3) is 0.500. The van der Waals surface area contributed by atoms with Gasteiger partial charge in [-0.05, 0) is 31.9 Å². The van der Waals surface area contributed by atoms with Gasteiger partial charge in [-0.3, -0.25) is 9.69 Å². The SMILES string of the molecule is C[C@H]1CC[C@@H](C(N)=O)CN1CCOc1ccccc1C(=O)O. The zero-order valence-corrected chi connectivity index (χ0v) is 12.7. The Balaban J connectivity index is 1.90. The van der Waals surface area contributed by atoms with Crippen LogP contribution in [-0.4, -0.2) is 47.6 Å². The van der Waals surface area contributed by atoms with Gasteiger partial charge in [0, 0.05) is 19.1 Å². The highest BCUT2D eigenvalue weighted by atomic mass is 16.5. The van der Waals surface area contributed by atoms with E-state index in [0.717, 1.165) is 12.8 Å².